The van der Waals surface area contributed by atoms with Crippen molar-refractivity contribution in [3.8, 4) is 0 Å². The predicted octanol–water partition coefficient (Wildman–Crippen LogP) is 4.11. The highest BCUT2D eigenvalue weighted by Crippen LogP contribution is 2.29. The summed E-state index contributed by atoms with van der Waals surface area (Å²) in [5, 5.41) is 2.37. The molecule has 0 saturated carbocycles. The Morgan fingerprint density at radius 2 is 1.68 bits per heavy atom. The molecular weight excluding hydrogens is 354 g/mol. The maximum Gasteiger partial charge on any atom is 0.259 e. The summed E-state index contributed by atoms with van der Waals surface area (Å²) in [6.07, 6.45) is 2.54. The third-order valence-electron chi connectivity index (χ3n) is 5.12. The molecule has 0 radical (unpaired) electrons. The van der Waals surface area contributed by atoms with Gasteiger partial charge >= 0.3 is 0 Å². The molecule has 0 fully saturated rings. The zero-order chi connectivity index (χ0) is 20.0. The van der Waals surface area contributed by atoms with Gasteiger partial charge in [0.25, 0.3) is 11.8 Å². The highest BCUT2D eigenvalue weighted by Gasteiger charge is 2.29. The molecule has 2 amide bonds. The van der Waals surface area contributed by atoms with Crippen molar-refractivity contribution in [3.63, 3.8) is 0 Å². The van der Waals surface area contributed by atoms with Crippen molar-refractivity contribution in [2.45, 2.75) is 39.7 Å². The van der Waals surface area contributed by atoms with Gasteiger partial charge in [0.2, 0.25) is 0 Å². The van der Waals surface area contributed by atoms with E-state index in [1.165, 1.54) is 0 Å². The average molecular weight is 381 g/mol. The number of carbonyl (C=O) groups is 2. The number of fused-ring (bicyclic) bond motifs is 1. The van der Waals surface area contributed by atoms with E-state index in [1.54, 1.807) is 6.07 Å². The van der Waals surface area contributed by atoms with Gasteiger partial charge in [0, 0.05) is 6.61 Å². The molecule has 1 heterocycles. The van der Waals surface area contributed by atoms with Gasteiger partial charge in [-0.25, -0.2) is 0 Å². The summed E-state index contributed by atoms with van der Waals surface area (Å²) < 4.78 is 11.2. The minimum absolute atomic E-state index is 0.0568. The Bertz CT molecular complexity index is 830. The summed E-state index contributed by atoms with van der Waals surface area (Å²) in [5.74, 6) is -0.586. The molecule has 28 heavy (non-hydrogen) atoms. The van der Waals surface area contributed by atoms with Crippen molar-refractivity contribution < 1.29 is 19.1 Å². The number of aryl methyl sites for hydroxylation is 1. The number of imide groups is 1. The van der Waals surface area contributed by atoms with Crippen LogP contribution in [0.25, 0.3) is 0 Å². The minimum Gasteiger partial charge on any atom is -0.355 e. The van der Waals surface area contributed by atoms with Crippen LogP contribution < -0.4 is 5.32 Å². The van der Waals surface area contributed by atoms with E-state index in [2.05, 4.69) is 19.2 Å². The summed E-state index contributed by atoms with van der Waals surface area (Å²) in [6, 6.07) is 15.5. The molecule has 148 valence electrons. The van der Waals surface area contributed by atoms with Crippen LogP contribution in [0.3, 0.4) is 0 Å². The van der Waals surface area contributed by atoms with Gasteiger partial charge < -0.3 is 9.47 Å². The van der Waals surface area contributed by atoms with Crippen LogP contribution in [-0.4, -0.2) is 25.2 Å². The summed E-state index contributed by atoms with van der Waals surface area (Å²) in [4.78, 5) is 23.8. The molecule has 0 aromatic heterocycles. The number of carbonyl (C=O) groups excluding carboxylic acids is 2. The Morgan fingerprint density at radius 3 is 2.46 bits per heavy atom. The second kappa shape index (κ2) is 9.13. The quantitative estimate of drug-likeness (QED) is 0.382. The van der Waals surface area contributed by atoms with Crippen LogP contribution in [0.2, 0.25) is 0 Å². The topological polar surface area (TPSA) is 64.6 Å². The van der Waals surface area contributed by atoms with E-state index in [4.69, 9.17) is 9.47 Å². The van der Waals surface area contributed by atoms with Gasteiger partial charge in [-0.1, -0.05) is 56.3 Å². The van der Waals surface area contributed by atoms with Crippen molar-refractivity contribution in [1.29, 1.82) is 0 Å². The fraction of sp³-hybridized carbons (Fsp3) is 0.391. The Hall–Kier alpha value is -2.50. The molecule has 0 saturated heterocycles. The third-order valence-corrected chi connectivity index (χ3v) is 5.12. The fourth-order valence-corrected chi connectivity index (χ4v) is 3.30. The van der Waals surface area contributed by atoms with Crippen molar-refractivity contribution >= 4 is 11.8 Å². The predicted molar refractivity (Wildman–Crippen MR) is 107 cm³/mol. The van der Waals surface area contributed by atoms with Gasteiger partial charge in [0.15, 0.2) is 0 Å². The monoisotopic (exact) mass is 381 g/mol. The Kier molecular flexibility index (Phi) is 6.60. The van der Waals surface area contributed by atoms with Crippen LogP contribution in [0.1, 0.15) is 58.5 Å². The molecular formula is C23H27NO4. The van der Waals surface area contributed by atoms with Crippen LogP contribution in [0.15, 0.2) is 48.5 Å². The zero-order valence-electron chi connectivity index (χ0n) is 16.5. The number of rotatable bonds is 10. The second-order valence-corrected chi connectivity index (χ2v) is 7.90. The molecule has 2 aromatic carbocycles. The van der Waals surface area contributed by atoms with Gasteiger partial charge in [-0.15, -0.1) is 0 Å². The van der Waals surface area contributed by atoms with E-state index in [-0.39, 0.29) is 24.0 Å². The van der Waals surface area contributed by atoms with Crippen molar-refractivity contribution in [2.24, 2.45) is 5.41 Å². The lowest BCUT2D eigenvalue weighted by atomic mass is 9.82. The smallest absolute Gasteiger partial charge is 0.259 e. The third kappa shape index (κ3) is 5.27. The molecule has 1 aliphatic rings. The van der Waals surface area contributed by atoms with E-state index in [9.17, 15) is 9.59 Å². The lowest BCUT2D eigenvalue weighted by molar-refractivity contribution is -0.0676. The lowest BCUT2D eigenvalue weighted by Crippen LogP contribution is -2.20. The largest absolute Gasteiger partial charge is 0.355 e. The van der Waals surface area contributed by atoms with E-state index in [1.807, 2.05) is 42.5 Å². The van der Waals surface area contributed by atoms with Crippen LogP contribution in [0, 0.1) is 5.41 Å². The van der Waals surface area contributed by atoms with E-state index < -0.39 is 0 Å². The molecule has 5 nitrogen and oxygen atoms in total. The summed E-state index contributed by atoms with van der Waals surface area (Å²) in [6.45, 7) is 5.82. The normalized spacial score (nSPS) is 13.5. The minimum atomic E-state index is -0.301. The van der Waals surface area contributed by atoms with Crippen LogP contribution >= 0.6 is 0 Å². The van der Waals surface area contributed by atoms with Gasteiger partial charge in [0.1, 0.15) is 6.79 Å². The second-order valence-electron chi connectivity index (χ2n) is 7.90. The fourth-order valence-electron chi connectivity index (χ4n) is 3.30. The number of benzene rings is 2. The first-order valence-electron chi connectivity index (χ1n) is 9.63. The lowest BCUT2D eigenvalue weighted by Gasteiger charge is -2.25. The highest BCUT2D eigenvalue weighted by atomic mass is 16.7. The maximum atomic E-state index is 12.0. The van der Waals surface area contributed by atoms with Gasteiger partial charge in [-0.3, -0.25) is 14.9 Å². The van der Waals surface area contributed by atoms with Crippen molar-refractivity contribution in [1.82, 2.24) is 5.32 Å². The molecule has 0 spiro atoms. The van der Waals surface area contributed by atoms with E-state index in [0.717, 1.165) is 30.4 Å². The van der Waals surface area contributed by atoms with Gasteiger partial charge in [-0.05, 0) is 41.9 Å². The first kappa shape index (κ1) is 20.2. The molecule has 0 aliphatic carbocycles. The maximum absolute atomic E-state index is 12.0. The Balaban J connectivity index is 1.40. The number of nitrogens with one attached hydrogen (secondary N) is 1. The molecule has 0 unspecified atom stereocenters. The highest BCUT2D eigenvalue weighted by molar-refractivity contribution is 6.22. The molecule has 1 aliphatic heterocycles. The zero-order valence-corrected chi connectivity index (χ0v) is 16.5. The first-order chi connectivity index (χ1) is 13.5. The summed E-state index contributed by atoms with van der Waals surface area (Å²) in [5.41, 5.74) is 3.14. The van der Waals surface area contributed by atoms with Gasteiger partial charge in [-0.2, -0.15) is 0 Å². The van der Waals surface area contributed by atoms with E-state index in [0.29, 0.717) is 24.3 Å². The average Bonchev–Trinajstić information content (AvgIpc) is 2.98. The van der Waals surface area contributed by atoms with Gasteiger partial charge in [0.05, 0.1) is 17.7 Å². The molecule has 2 aromatic rings. The molecule has 0 atom stereocenters. The summed E-state index contributed by atoms with van der Waals surface area (Å²) in [7, 11) is 0. The molecule has 0 bridgehead atoms. The number of ether oxygens (including phenoxy) is 2. The molecule has 5 heteroatoms. The molecule has 1 N–H and O–H groups in total. The van der Waals surface area contributed by atoms with Crippen LogP contribution in [0.4, 0.5) is 0 Å². The standard InChI is InChI=1S/C23H27NO4/c1-23(2,13-14-27-16-28-15-17-7-4-3-5-8-17)12-11-18-9-6-10-19-20(18)22(26)24-21(19)25/h3-10H,11-16H2,1-2H3,(H,24,25,26). The Morgan fingerprint density at radius 1 is 0.893 bits per heavy atom. The van der Waals surface area contributed by atoms with E-state index >= 15 is 0 Å². The number of amides is 2. The summed E-state index contributed by atoms with van der Waals surface area (Å²) >= 11 is 0. The molecule has 3 rings (SSSR count). The Labute approximate surface area is 166 Å². The number of hydrogen-bond acceptors (Lipinski definition) is 4. The van der Waals surface area contributed by atoms with Crippen molar-refractivity contribution in [3.05, 3.63) is 70.8 Å². The van der Waals surface area contributed by atoms with Crippen molar-refractivity contribution in [2.75, 3.05) is 13.4 Å². The van der Waals surface area contributed by atoms with Crippen LogP contribution in [0.5, 0.6) is 0 Å². The van der Waals surface area contributed by atoms with Crippen LogP contribution in [-0.2, 0) is 22.5 Å². The SMILES string of the molecule is CC(C)(CCOCOCc1ccccc1)CCc1cccc2c1C(=O)NC2=O. The number of hydrogen-bond donors (Lipinski definition) is 1. The first-order valence-corrected chi connectivity index (χ1v) is 9.63.